The molecule has 1 N–H and O–H groups in total. The molecule has 0 unspecified atom stereocenters. The molecule has 4 aromatic rings. The fourth-order valence-corrected chi connectivity index (χ4v) is 5.78. The monoisotopic (exact) mass is 435 g/mol. The predicted molar refractivity (Wildman–Crippen MR) is 128 cm³/mol. The molecular weight excluding hydrogens is 410 g/mol. The first-order chi connectivity index (χ1) is 16.2. The Kier molecular flexibility index (Phi) is 4.83. The number of hydrogen-bond acceptors (Lipinski definition) is 3. The number of rotatable bonds is 5. The normalized spacial score (nSPS) is 20.3. The summed E-state index contributed by atoms with van der Waals surface area (Å²) in [5, 5.41) is 3.73. The Balaban J connectivity index is 1.15. The molecule has 2 bridgehead atoms. The van der Waals surface area contributed by atoms with Crippen molar-refractivity contribution in [3.63, 3.8) is 0 Å². The number of nitrogens with zero attached hydrogens (tertiary/aromatic N) is 2. The van der Waals surface area contributed by atoms with Gasteiger partial charge in [-0.15, -0.1) is 0 Å². The van der Waals surface area contributed by atoms with E-state index in [1.165, 1.54) is 33.1 Å². The molecule has 3 aliphatic rings. The van der Waals surface area contributed by atoms with Gasteiger partial charge in [0.05, 0.1) is 17.2 Å². The number of amides is 1. The van der Waals surface area contributed by atoms with Gasteiger partial charge in [-0.2, -0.15) is 0 Å². The Hall–Kier alpha value is -3.73. The second-order valence-corrected chi connectivity index (χ2v) is 9.10. The quantitative estimate of drug-likeness (QED) is 0.511. The first-order valence-electron chi connectivity index (χ1n) is 11.6. The van der Waals surface area contributed by atoms with Gasteiger partial charge >= 0.3 is 0 Å². The van der Waals surface area contributed by atoms with Crippen LogP contribution in [0.1, 0.15) is 46.9 Å². The van der Waals surface area contributed by atoms with Gasteiger partial charge in [-0.1, -0.05) is 60.7 Å². The number of aromatic nitrogens is 2. The summed E-state index contributed by atoms with van der Waals surface area (Å²) in [6.45, 7) is 0.971. The highest BCUT2D eigenvalue weighted by Gasteiger charge is 2.42. The third kappa shape index (κ3) is 3.35. The second-order valence-electron chi connectivity index (χ2n) is 9.10. The number of carbonyl (C=O) groups excluding carboxylic acids is 1. The molecule has 1 heterocycles. The van der Waals surface area contributed by atoms with Crippen LogP contribution in [0.5, 0.6) is 0 Å². The number of hydrogen-bond donors (Lipinski definition) is 1. The zero-order chi connectivity index (χ0) is 22.4. The Morgan fingerprint density at radius 3 is 2.27 bits per heavy atom. The number of benzene rings is 3. The van der Waals surface area contributed by atoms with E-state index in [9.17, 15) is 9.59 Å². The van der Waals surface area contributed by atoms with Crippen LogP contribution < -0.4 is 10.9 Å². The number of para-hydroxylation sites is 1. The van der Waals surface area contributed by atoms with Crippen molar-refractivity contribution in [3.8, 4) is 0 Å². The van der Waals surface area contributed by atoms with E-state index in [-0.39, 0.29) is 17.9 Å². The molecule has 1 aromatic heterocycles. The minimum Gasteiger partial charge on any atom is -0.356 e. The molecule has 33 heavy (non-hydrogen) atoms. The lowest BCUT2D eigenvalue weighted by atomic mass is 9.59. The van der Waals surface area contributed by atoms with Crippen molar-refractivity contribution in [2.75, 3.05) is 6.54 Å². The van der Waals surface area contributed by atoms with Crippen molar-refractivity contribution in [2.45, 2.75) is 31.2 Å². The standard InChI is InChI=1S/C28H25N3O2/c32-26(13-14-31-17-30-25-12-6-5-11-23(25)28(31)33)29-16-18-15-24-19-7-1-3-9-21(19)27(18)22-10-4-2-8-20(22)24/h1-12,17-18,24,27H,13-16H2,(H,29,32)/t18-,24?,27?/m1/s1. The SMILES string of the molecule is O=C(CCn1cnc2ccccc2c1=O)NC[C@H]1CC2c3ccccc3C1c1ccccc12. The van der Waals surface area contributed by atoms with Crippen molar-refractivity contribution >= 4 is 16.8 Å². The molecule has 3 aromatic carbocycles. The van der Waals surface area contributed by atoms with Gasteiger partial charge in [0.1, 0.15) is 0 Å². The molecule has 164 valence electrons. The van der Waals surface area contributed by atoms with Crippen LogP contribution in [0.3, 0.4) is 0 Å². The summed E-state index contributed by atoms with van der Waals surface area (Å²) in [7, 11) is 0. The molecular formula is C28H25N3O2. The third-order valence-corrected chi connectivity index (χ3v) is 7.30. The van der Waals surface area contributed by atoms with E-state index in [4.69, 9.17) is 0 Å². The van der Waals surface area contributed by atoms with Crippen molar-refractivity contribution in [3.05, 3.63) is 112 Å². The molecule has 0 fully saturated rings. The maximum Gasteiger partial charge on any atom is 0.261 e. The van der Waals surface area contributed by atoms with E-state index in [0.29, 0.717) is 41.7 Å². The van der Waals surface area contributed by atoms with Crippen molar-refractivity contribution < 1.29 is 4.79 Å². The molecule has 0 saturated carbocycles. The van der Waals surface area contributed by atoms with E-state index in [1.807, 2.05) is 18.2 Å². The molecule has 0 aliphatic heterocycles. The first-order valence-corrected chi connectivity index (χ1v) is 11.6. The zero-order valence-corrected chi connectivity index (χ0v) is 18.3. The number of carbonyl (C=O) groups is 1. The Bertz CT molecular complexity index is 1380. The summed E-state index contributed by atoms with van der Waals surface area (Å²) < 4.78 is 1.52. The maximum atomic E-state index is 12.7. The predicted octanol–water partition coefficient (Wildman–Crippen LogP) is 4.20. The van der Waals surface area contributed by atoms with Gasteiger partial charge in [-0.25, -0.2) is 4.98 Å². The molecule has 1 atom stereocenters. The average Bonchev–Trinajstić information content (AvgIpc) is 2.87. The Morgan fingerprint density at radius 2 is 1.55 bits per heavy atom. The van der Waals surface area contributed by atoms with Crippen LogP contribution in [-0.2, 0) is 11.3 Å². The summed E-state index contributed by atoms with van der Waals surface area (Å²) in [6, 6.07) is 24.8. The highest BCUT2D eigenvalue weighted by Crippen LogP contribution is 2.55. The summed E-state index contributed by atoms with van der Waals surface area (Å²) >= 11 is 0. The fraction of sp³-hybridized carbons (Fsp3) is 0.250. The van der Waals surface area contributed by atoms with Crippen LogP contribution in [0.15, 0.2) is 83.9 Å². The van der Waals surface area contributed by atoms with E-state index in [0.717, 1.165) is 6.42 Å². The average molecular weight is 436 g/mol. The van der Waals surface area contributed by atoms with Crippen molar-refractivity contribution in [1.29, 1.82) is 0 Å². The third-order valence-electron chi connectivity index (χ3n) is 7.30. The number of aryl methyl sites for hydroxylation is 1. The molecule has 1 amide bonds. The van der Waals surface area contributed by atoms with E-state index < -0.39 is 0 Å². The molecule has 7 rings (SSSR count). The van der Waals surface area contributed by atoms with Crippen molar-refractivity contribution in [2.24, 2.45) is 5.92 Å². The smallest absolute Gasteiger partial charge is 0.261 e. The summed E-state index contributed by atoms with van der Waals surface area (Å²) in [6.07, 6.45) is 2.84. The Morgan fingerprint density at radius 1 is 0.909 bits per heavy atom. The molecule has 0 spiro atoms. The van der Waals surface area contributed by atoms with Gasteiger partial charge in [0.15, 0.2) is 0 Å². The number of nitrogens with one attached hydrogen (secondary N) is 1. The van der Waals surface area contributed by atoms with Crippen molar-refractivity contribution in [1.82, 2.24) is 14.9 Å². The molecule has 5 heteroatoms. The van der Waals surface area contributed by atoms with Crippen LogP contribution in [-0.4, -0.2) is 22.0 Å². The molecule has 5 nitrogen and oxygen atoms in total. The van der Waals surface area contributed by atoms with Crippen LogP contribution >= 0.6 is 0 Å². The molecule has 3 aliphatic carbocycles. The topological polar surface area (TPSA) is 64.0 Å². The second kappa shape index (κ2) is 8.00. The fourth-order valence-electron chi connectivity index (χ4n) is 5.78. The molecule has 0 saturated heterocycles. The van der Waals surface area contributed by atoms with Gasteiger partial charge in [0, 0.05) is 31.3 Å². The van der Waals surface area contributed by atoms with E-state index in [1.54, 1.807) is 6.07 Å². The lowest BCUT2D eigenvalue weighted by molar-refractivity contribution is -0.121. The molecule has 0 radical (unpaired) electrons. The highest BCUT2D eigenvalue weighted by atomic mass is 16.1. The van der Waals surface area contributed by atoms with Crippen LogP contribution in [0.2, 0.25) is 0 Å². The minimum absolute atomic E-state index is 0.0296. The van der Waals surface area contributed by atoms with Gasteiger partial charge in [-0.05, 0) is 46.7 Å². The van der Waals surface area contributed by atoms with Crippen LogP contribution in [0.25, 0.3) is 10.9 Å². The lowest BCUT2D eigenvalue weighted by Crippen LogP contribution is -2.39. The largest absolute Gasteiger partial charge is 0.356 e. The Labute approximate surface area is 192 Å². The van der Waals surface area contributed by atoms with Crippen LogP contribution in [0, 0.1) is 5.92 Å². The summed E-state index contributed by atoms with van der Waals surface area (Å²) in [4.78, 5) is 29.7. The van der Waals surface area contributed by atoms with E-state index in [2.05, 4.69) is 58.8 Å². The summed E-state index contributed by atoms with van der Waals surface area (Å²) in [5.41, 5.74) is 6.25. The zero-order valence-electron chi connectivity index (χ0n) is 18.3. The minimum atomic E-state index is -0.105. The van der Waals surface area contributed by atoms with Gasteiger partial charge in [-0.3, -0.25) is 14.2 Å². The van der Waals surface area contributed by atoms with Crippen LogP contribution in [0.4, 0.5) is 0 Å². The highest BCUT2D eigenvalue weighted by molar-refractivity contribution is 5.77. The lowest BCUT2D eigenvalue weighted by Gasteiger charge is -2.45. The van der Waals surface area contributed by atoms with Gasteiger partial charge < -0.3 is 5.32 Å². The maximum absolute atomic E-state index is 12.7. The number of fused-ring (bicyclic) bond motifs is 2. The first kappa shape index (κ1) is 19.9. The van der Waals surface area contributed by atoms with E-state index >= 15 is 0 Å². The van der Waals surface area contributed by atoms with Gasteiger partial charge in [0.25, 0.3) is 5.56 Å². The van der Waals surface area contributed by atoms with Gasteiger partial charge in [0.2, 0.25) is 5.91 Å². The summed E-state index contributed by atoms with van der Waals surface area (Å²) in [5.74, 6) is 1.05.